The van der Waals surface area contributed by atoms with E-state index >= 15 is 0 Å². The van der Waals surface area contributed by atoms with Crippen molar-refractivity contribution in [2.75, 3.05) is 29.0 Å². The summed E-state index contributed by atoms with van der Waals surface area (Å²) in [6.45, 7) is 16.5. The Bertz CT molecular complexity index is 2300. The minimum absolute atomic E-state index is 0.0467. The molecule has 2 fully saturated rings. The zero-order valence-electron chi connectivity index (χ0n) is 36.7. The van der Waals surface area contributed by atoms with Gasteiger partial charge in [-0.05, 0) is 97.8 Å². The van der Waals surface area contributed by atoms with E-state index in [9.17, 15) is 33.6 Å². The summed E-state index contributed by atoms with van der Waals surface area (Å²) in [4.78, 5) is 101. The van der Waals surface area contributed by atoms with Gasteiger partial charge in [0.2, 0.25) is 11.9 Å². The number of hydrogen-bond donors (Lipinski definition) is 10. The smallest absolute Gasteiger partial charge is 0.321 e. The normalized spacial score (nSPS) is 22.7. The molecule has 0 radical (unpaired) electrons. The molecule has 2 aromatic heterocycles. The van der Waals surface area contributed by atoms with E-state index in [1.54, 1.807) is 44.2 Å². The summed E-state index contributed by atoms with van der Waals surface area (Å²) >= 11 is 0. The SMILES string of the molecule is Cc1cc(=O)[nH]c(NC(=O)NCC2(C)CC(NC(=O)NC(=O)C=Cc3ccc(NC(=O)NC4CC(C)(C)CC(C)(CNC(=O)Nc5nc(C)cc(=O)[nH]5)C4)cc3)CC(C)(C)C2)n1. The third kappa shape index (κ3) is 14.6. The van der Waals surface area contributed by atoms with Gasteiger partial charge >= 0.3 is 24.1 Å². The van der Waals surface area contributed by atoms with Crippen molar-refractivity contribution in [2.45, 2.75) is 106 Å². The van der Waals surface area contributed by atoms with Crippen molar-refractivity contribution in [1.29, 1.82) is 0 Å². The molecule has 2 aliphatic rings. The highest BCUT2D eigenvalue weighted by Crippen LogP contribution is 2.47. The highest BCUT2D eigenvalue weighted by atomic mass is 16.2. The van der Waals surface area contributed by atoms with Crippen molar-refractivity contribution >= 4 is 53.7 Å². The van der Waals surface area contributed by atoms with E-state index in [2.05, 4.69) is 97.1 Å². The number of nitrogens with zero attached hydrogens (tertiary/aromatic N) is 2. The van der Waals surface area contributed by atoms with E-state index in [0.717, 1.165) is 19.3 Å². The molecule has 9 amide bonds. The van der Waals surface area contributed by atoms with Gasteiger partial charge in [-0.3, -0.25) is 40.3 Å². The van der Waals surface area contributed by atoms with Crippen LogP contribution in [0, 0.1) is 35.5 Å². The third-order valence-corrected chi connectivity index (χ3v) is 10.9. The fourth-order valence-corrected chi connectivity index (χ4v) is 9.49. The summed E-state index contributed by atoms with van der Waals surface area (Å²) in [6, 6.07) is 7.09. The Hall–Kier alpha value is -6.53. The van der Waals surface area contributed by atoms with Gasteiger partial charge in [0.1, 0.15) is 0 Å². The number of carbonyl (C=O) groups is 5. The number of imide groups is 1. The lowest BCUT2D eigenvalue weighted by molar-refractivity contribution is -0.115. The molecule has 334 valence electrons. The molecule has 10 N–H and O–H groups in total. The molecule has 1 aromatic carbocycles. The first kappa shape index (κ1) is 46.5. The molecule has 4 unspecified atom stereocenters. The lowest BCUT2D eigenvalue weighted by atomic mass is 9.62. The number of aromatic nitrogens is 4. The quantitative estimate of drug-likeness (QED) is 0.113. The molecule has 19 nitrogen and oxygen atoms in total. The molecule has 0 spiro atoms. The van der Waals surface area contributed by atoms with Crippen LogP contribution in [0.1, 0.15) is 97.0 Å². The van der Waals surface area contributed by atoms with Gasteiger partial charge in [0.05, 0.1) is 0 Å². The van der Waals surface area contributed by atoms with E-state index in [0.29, 0.717) is 55.0 Å². The highest BCUT2D eigenvalue weighted by Gasteiger charge is 2.43. The predicted molar refractivity (Wildman–Crippen MR) is 237 cm³/mol. The Morgan fingerprint density at radius 2 is 1.10 bits per heavy atom. The lowest BCUT2D eigenvalue weighted by Crippen LogP contribution is -2.53. The fourth-order valence-electron chi connectivity index (χ4n) is 9.49. The monoisotopic (exact) mass is 856 g/mol. The summed E-state index contributed by atoms with van der Waals surface area (Å²) < 4.78 is 0. The zero-order valence-corrected chi connectivity index (χ0v) is 36.7. The number of nitrogens with one attached hydrogen (secondary N) is 10. The van der Waals surface area contributed by atoms with Crippen molar-refractivity contribution in [1.82, 2.24) is 46.5 Å². The van der Waals surface area contributed by atoms with Crippen molar-refractivity contribution in [3.05, 3.63) is 80.1 Å². The Morgan fingerprint density at radius 3 is 1.55 bits per heavy atom. The summed E-state index contributed by atoms with van der Waals surface area (Å²) in [7, 11) is 0. The molecule has 19 heteroatoms. The maximum Gasteiger partial charge on any atom is 0.321 e. The summed E-state index contributed by atoms with van der Waals surface area (Å²) in [6.07, 6.45) is 7.01. The Morgan fingerprint density at radius 1 is 0.645 bits per heavy atom. The van der Waals surface area contributed by atoms with Gasteiger partial charge in [0.25, 0.3) is 17.0 Å². The molecule has 3 aromatic rings. The van der Waals surface area contributed by atoms with Crippen LogP contribution in [0.5, 0.6) is 0 Å². The zero-order chi connectivity index (χ0) is 45.5. The molecule has 2 saturated carbocycles. The van der Waals surface area contributed by atoms with Crippen LogP contribution >= 0.6 is 0 Å². The molecule has 0 saturated heterocycles. The van der Waals surface area contributed by atoms with E-state index < -0.39 is 24.0 Å². The number of anilines is 3. The van der Waals surface area contributed by atoms with Gasteiger partial charge < -0.3 is 26.6 Å². The minimum Gasteiger partial charge on any atom is -0.337 e. The first-order valence-electron chi connectivity index (χ1n) is 20.7. The number of H-pyrrole nitrogens is 2. The van der Waals surface area contributed by atoms with Crippen molar-refractivity contribution in [3.63, 3.8) is 0 Å². The average molecular weight is 857 g/mol. The number of hydrogen-bond acceptors (Lipinski definition) is 9. The fraction of sp³-hybridized carbons (Fsp3) is 0.512. The molecule has 62 heavy (non-hydrogen) atoms. The molecular weight excluding hydrogens is 797 g/mol. The minimum atomic E-state index is -0.631. The van der Waals surface area contributed by atoms with Gasteiger partial charge in [-0.25, -0.2) is 29.1 Å². The topological polar surface area (TPSA) is 273 Å². The second-order valence-corrected chi connectivity index (χ2v) is 19.1. The largest absolute Gasteiger partial charge is 0.337 e. The molecule has 0 bridgehead atoms. The number of rotatable bonds is 11. The maximum atomic E-state index is 13.1. The van der Waals surface area contributed by atoms with Crippen LogP contribution in [0.3, 0.4) is 0 Å². The summed E-state index contributed by atoms with van der Waals surface area (Å²) in [5, 5.41) is 22.1. The second-order valence-electron chi connectivity index (χ2n) is 19.1. The number of aromatic amines is 2. The molecule has 0 aliphatic heterocycles. The Kier molecular flexibility index (Phi) is 14.3. The van der Waals surface area contributed by atoms with E-state index in [-0.39, 0.29) is 62.8 Å². The number of amides is 9. The van der Waals surface area contributed by atoms with Crippen LogP contribution in [0.2, 0.25) is 0 Å². The van der Waals surface area contributed by atoms with Crippen LogP contribution in [0.15, 0.2) is 52.1 Å². The van der Waals surface area contributed by atoms with Gasteiger partial charge in [-0.15, -0.1) is 0 Å². The van der Waals surface area contributed by atoms with Gasteiger partial charge in [0, 0.05) is 60.5 Å². The standard InChI is InChI=1S/C43H60N12O7/c1-25-15-32(57)51-34(46-25)54-36(59)44-23-42(7)19-29(17-40(3,4)21-42)49-38(61)48-28-12-9-27(10-13-28)11-14-31(56)53-39(62)50-30-18-41(5,6)22-43(8,20-30)24-45-37(60)55-35-47-26(2)16-33(58)52-35/h9-16,29-30H,17-24H2,1-8H3,(H2,48,49,61)(H2,50,53,56,62)(H3,44,46,51,54,57,59)(H3,45,47,52,55,58,60). The average Bonchev–Trinajstić information content (AvgIpc) is 3.10. The first-order chi connectivity index (χ1) is 28.9. The summed E-state index contributed by atoms with van der Waals surface area (Å²) in [5.74, 6) is -0.501. The molecule has 5 rings (SSSR count). The van der Waals surface area contributed by atoms with Crippen molar-refractivity contribution in [2.24, 2.45) is 21.7 Å². The van der Waals surface area contributed by atoms with Crippen LogP contribution in [0.4, 0.5) is 36.8 Å². The van der Waals surface area contributed by atoms with E-state index in [1.807, 2.05) is 6.92 Å². The molecule has 2 heterocycles. The Labute approximate surface area is 360 Å². The van der Waals surface area contributed by atoms with Crippen LogP contribution in [-0.4, -0.2) is 75.1 Å². The summed E-state index contributed by atoms with van der Waals surface area (Å²) in [5.41, 5.74) is 0.429. The number of benzene rings is 1. The first-order valence-corrected chi connectivity index (χ1v) is 20.7. The van der Waals surface area contributed by atoms with Crippen LogP contribution in [0.25, 0.3) is 6.08 Å². The second kappa shape index (κ2) is 19.0. The highest BCUT2D eigenvalue weighted by molar-refractivity contribution is 6.02. The Balaban J connectivity index is 1.05. The van der Waals surface area contributed by atoms with Gasteiger partial charge in [-0.1, -0.05) is 53.7 Å². The number of aryl methyl sites for hydroxylation is 2. The van der Waals surface area contributed by atoms with Gasteiger partial charge in [-0.2, -0.15) is 0 Å². The molecule has 2 aliphatic carbocycles. The third-order valence-electron chi connectivity index (χ3n) is 10.9. The predicted octanol–water partition coefficient (Wildman–Crippen LogP) is 5.24. The molecular formula is C43H60N12O7. The van der Waals surface area contributed by atoms with Crippen molar-refractivity contribution < 1.29 is 24.0 Å². The maximum absolute atomic E-state index is 13.1. The van der Waals surface area contributed by atoms with Crippen LogP contribution < -0.4 is 53.7 Å². The van der Waals surface area contributed by atoms with Crippen molar-refractivity contribution in [3.8, 4) is 0 Å². The number of urea groups is 4. The molecule has 4 atom stereocenters. The lowest BCUT2D eigenvalue weighted by Gasteiger charge is -2.46. The van der Waals surface area contributed by atoms with Gasteiger partial charge in [0.15, 0.2) is 0 Å². The van der Waals surface area contributed by atoms with E-state index in [4.69, 9.17) is 0 Å². The van der Waals surface area contributed by atoms with Crippen LogP contribution in [-0.2, 0) is 4.79 Å². The number of carbonyl (C=O) groups excluding carboxylic acids is 5. The van der Waals surface area contributed by atoms with E-state index in [1.165, 1.54) is 18.2 Å².